The largest absolute Gasteiger partial charge is 0.493 e. The Balaban J connectivity index is 1.75. The molecule has 0 aliphatic carbocycles. The molecule has 0 fully saturated rings. The van der Waals surface area contributed by atoms with Crippen molar-refractivity contribution in [1.29, 1.82) is 0 Å². The number of aryl methyl sites for hydroxylation is 1. The molecule has 2 N–H and O–H groups in total. The minimum Gasteiger partial charge on any atom is -0.493 e. The third-order valence-electron chi connectivity index (χ3n) is 3.90. The molecule has 0 spiro atoms. The van der Waals surface area contributed by atoms with Crippen LogP contribution in [0.5, 0.6) is 11.5 Å². The monoisotopic (exact) mass is 379 g/mol. The fourth-order valence-electron chi connectivity index (χ4n) is 2.59. The van der Waals surface area contributed by atoms with Gasteiger partial charge in [-0.3, -0.25) is 9.78 Å². The Kier molecular flexibility index (Phi) is 6.01. The van der Waals surface area contributed by atoms with Crippen LogP contribution in [0.25, 0.3) is 0 Å². The van der Waals surface area contributed by atoms with E-state index in [0.29, 0.717) is 29.7 Å². The van der Waals surface area contributed by atoms with Gasteiger partial charge in [-0.1, -0.05) is 6.07 Å². The SMILES string of the molecule is COc1ccc(Nc2cc(C(=O)NCc3cccnc3)nc(C)n2)cc1OC. The number of pyridine rings is 1. The highest BCUT2D eigenvalue weighted by molar-refractivity contribution is 5.93. The molecule has 0 saturated carbocycles. The van der Waals surface area contributed by atoms with E-state index in [0.717, 1.165) is 11.3 Å². The zero-order valence-corrected chi connectivity index (χ0v) is 15.9. The van der Waals surface area contributed by atoms with Gasteiger partial charge in [0.25, 0.3) is 5.91 Å². The maximum Gasteiger partial charge on any atom is 0.270 e. The molecule has 0 bridgehead atoms. The molecule has 0 aliphatic heterocycles. The second kappa shape index (κ2) is 8.81. The van der Waals surface area contributed by atoms with E-state index in [2.05, 4.69) is 25.6 Å². The number of carbonyl (C=O) groups is 1. The summed E-state index contributed by atoms with van der Waals surface area (Å²) in [6.07, 6.45) is 3.39. The van der Waals surface area contributed by atoms with Crippen molar-refractivity contribution in [1.82, 2.24) is 20.3 Å². The third-order valence-corrected chi connectivity index (χ3v) is 3.90. The van der Waals surface area contributed by atoms with Crippen LogP contribution < -0.4 is 20.1 Å². The van der Waals surface area contributed by atoms with E-state index < -0.39 is 0 Å². The van der Waals surface area contributed by atoms with E-state index in [1.54, 1.807) is 51.7 Å². The predicted octanol–water partition coefficient (Wildman–Crippen LogP) is 2.87. The van der Waals surface area contributed by atoms with Gasteiger partial charge in [0.05, 0.1) is 14.2 Å². The molecule has 8 heteroatoms. The van der Waals surface area contributed by atoms with Crippen LogP contribution in [0.15, 0.2) is 48.8 Å². The van der Waals surface area contributed by atoms with Gasteiger partial charge in [-0.15, -0.1) is 0 Å². The molecule has 8 nitrogen and oxygen atoms in total. The Morgan fingerprint density at radius 2 is 1.89 bits per heavy atom. The first kappa shape index (κ1) is 19.1. The summed E-state index contributed by atoms with van der Waals surface area (Å²) in [5.41, 5.74) is 1.93. The van der Waals surface area contributed by atoms with Crippen molar-refractivity contribution in [3.63, 3.8) is 0 Å². The normalized spacial score (nSPS) is 10.2. The van der Waals surface area contributed by atoms with Crippen LogP contribution >= 0.6 is 0 Å². The summed E-state index contributed by atoms with van der Waals surface area (Å²) in [6.45, 7) is 2.10. The first-order valence-corrected chi connectivity index (χ1v) is 8.61. The Labute approximate surface area is 163 Å². The highest BCUT2D eigenvalue weighted by atomic mass is 16.5. The van der Waals surface area contributed by atoms with Gasteiger partial charge in [0.15, 0.2) is 11.5 Å². The first-order valence-electron chi connectivity index (χ1n) is 8.61. The van der Waals surface area contributed by atoms with Gasteiger partial charge in [-0.2, -0.15) is 0 Å². The Morgan fingerprint density at radius 3 is 2.61 bits per heavy atom. The molecule has 0 aliphatic rings. The van der Waals surface area contributed by atoms with Crippen LogP contribution in [0.2, 0.25) is 0 Å². The molecule has 28 heavy (non-hydrogen) atoms. The second-order valence-corrected chi connectivity index (χ2v) is 5.92. The van der Waals surface area contributed by atoms with Crippen molar-refractivity contribution in [3.8, 4) is 11.5 Å². The van der Waals surface area contributed by atoms with E-state index in [9.17, 15) is 4.79 Å². The van der Waals surface area contributed by atoms with Crippen molar-refractivity contribution in [2.24, 2.45) is 0 Å². The Hall–Kier alpha value is -3.68. The van der Waals surface area contributed by atoms with Crippen molar-refractivity contribution in [2.75, 3.05) is 19.5 Å². The summed E-state index contributed by atoms with van der Waals surface area (Å²) in [7, 11) is 3.15. The number of nitrogens with one attached hydrogen (secondary N) is 2. The van der Waals surface area contributed by atoms with E-state index in [-0.39, 0.29) is 11.6 Å². The fraction of sp³-hybridized carbons (Fsp3) is 0.200. The van der Waals surface area contributed by atoms with Gasteiger partial charge < -0.3 is 20.1 Å². The van der Waals surface area contributed by atoms with Crippen LogP contribution in [0.4, 0.5) is 11.5 Å². The number of nitrogens with zero attached hydrogens (tertiary/aromatic N) is 3. The molecule has 3 rings (SSSR count). The van der Waals surface area contributed by atoms with Gasteiger partial charge >= 0.3 is 0 Å². The molecule has 144 valence electrons. The highest BCUT2D eigenvalue weighted by Crippen LogP contribution is 2.30. The Morgan fingerprint density at radius 1 is 1.07 bits per heavy atom. The number of aromatic nitrogens is 3. The van der Waals surface area contributed by atoms with Crippen LogP contribution in [-0.2, 0) is 6.54 Å². The van der Waals surface area contributed by atoms with Gasteiger partial charge in [-0.05, 0) is 30.7 Å². The van der Waals surface area contributed by atoms with Crippen LogP contribution in [0, 0.1) is 6.92 Å². The summed E-state index contributed by atoms with van der Waals surface area (Å²) in [6, 6.07) is 10.7. The summed E-state index contributed by atoms with van der Waals surface area (Å²) < 4.78 is 10.5. The average molecular weight is 379 g/mol. The molecule has 0 unspecified atom stereocenters. The summed E-state index contributed by atoms with van der Waals surface area (Å²) in [5.74, 6) is 1.92. The molecule has 2 heterocycles. The number of rotatable bonds is 7. The van der Waals surface area contributed by atoms with Crippen molar-refractivity contribution in [2.45, 2.75) is 13.5 Å². The smallest absolute Gasteiger partial charge is 0.270 e. The molecule has 0 saturated heterocycles. The lowest BCUT2D eigenvalue weighted by atomic mass is 10.2. The number of benzene rings is 1. The molecule has 2 aromatic heterocycles. The molecule has 0 radical (unpaired) electrons. The van der Waals surface area contributed by atoms with Gasteiger partial charge in [0, 0.05) is 36.8 Å². The third kappa shape index (κ3) is 4.73. The van der Waals surface area contributed by atoms with Crippen molar-refractivity contribution in [3.05, 3.63) is 65.9 Å². The molecular weight excluding hydrogens is 358 g/mol. The number of methoxy groups -OCH3 is 2. The highest BCUT2D eigenvalue weighted by Gasteiger charge is 2.12. The zero-order valence-electron chi connectivity index (χ0n) is 15.9. The number of amides is 1. The predicted molar refractivity (Wildman–Crippen MR) is 105 cm³/mol. The number of ether oxygens (including phenoxy) is 2. The maximum atomic E-state index is 12.5. The number of anilines is 2. The van der Waals surface area contributed by atoms with Gasteiger partial charge in [0.2, 0.25) is 0 Å². The summed E-state index contributed by atoms with van der Waals surface area (Å²) in [5, 5.41) is 6.00. The minimum absolute atomic E-state index is 0.277. The number of hydrogen-bond acceptors (Lipinski definition) is 7. The molecule has 1 aromatic carbocycles. The second-order valence-electron chi connectivity index (χ2n) is 5.92. The quantitative estimate of drug-likeness (QED) is 0.651. The van der Waals surface area contributed by atoms with E-state index in [1.807, 2.05) is 18.2 Å². The zero-order chi connectivity index (χ0) is 19.9. The molecule has 0 atom stereocenters. The van der Waals surface area contributed by atoms with Crippen LogP contribution in [-0.4, -0.2) is 35.1 Å². The minimum atomic E-state index is -0.287. The van der Waals surface area contributed by atoms with Crippen molar-refractivity contribution < 1.29 is 14.3 Å². The van der Waals surface area contributed by atoms with Gasteiger partial charge in [-0.25, -0.2) is 9.97 Å². The lowest BCUT2D eigenvalue weighted by Crippen LogP contribution is -2.24. The average Bonchev–Trinajstić information content (AvgIpc) is 2.72. The lowest BCUT2D eigenvalue weighted by molar-refractivity contribution is 0.0945. The summed E-state index contributed by atoms with van der Waals surface area (Å²) >= 11 is 0. The van der Waals surface area contributed by atoms with Gasteiger partial charge in [0.1, 0.15) is 17.3 Å². The number of carbonyl (C=O) groups excluding carboxylic acids is 1. The van der Waals surface area contributed by atoms with Crippen LogP contribution in [0.3, 0.4) is 0 Å². The van der Waals surface area contributed by atoms with E-state index >= 15 is 0 Å². The standard InChI is InChI=1S/C20H21N5O3/c1-13-23-16(20(26)22-12-14-5-4-8-21-11-14)10-19(24-13)25-15-6-7-17(27-2)18(9-15)28-3/h4-11H,12H2,1-3H3,(H,22,26)(H,23,24,25). The molecular formula is C20H21N5O3. The Bertz CT molecular complexity index is 963. The maximum absolute atomic E-state index is 12.5. The fourth-order valence-corrected chi connectivity index (χ4v) is 2.59. The topological polar surface area (TPSA) is 98.3 Å². The van der Waals surface area contributed by atoms with E-state index in [4.69, 9.17) is 9.47 Å². The summed E-state index contributed by atoms with van der Waals surface area (Å²) in [4.78, 5) is 25.1. The van der Waals surface area contributed by atoms with Crippen molar-refractivity contribution >= 4 is 17.4 Å². The molecule has 1 amide bonds. The number of hydrogen-bond donors (Lipinski definition) is 2. The lowest BCUT2D eigenvalue weighted by Gasteiger charge is -2.12. The van der Waals surface area contributed by atoms with E-state index in [1.165, 1.54) is 0 Å². The first-order chi connectivity index (χ1) is 13.6. The van der Waals surface area contributed by atoms with Crippen LogP contribution in [0.1, 0.15) is 21.9 Å². The molecule has 3 aromatic rings.